The average Bonchev–Trinajstić information content (AvgIpc) is 2.57. The van der Waals surface area contributed by atoms with Gasteiger partial charge in [0, 0.05) is 17.6 Å². The molecule has 2 rings (SSSR count). The lowest BCUT2D eigenvalue weighted by molar-refractivity contribution is -0.122. The predicted molar refractivity (Wildman–Crippen MR) is 102 cm³/mol. The van der Waals surface area contributed by atoms with E-state index in [9.17, 15) is 9.59 Å². The average molecular weight is 377 g/mol. The Hall–Kier alpha value is -2.73. The normalized spacial score (nSPS) is 11.4. The number of benzene rings is 2. The molecule has 6 nitrogen and oxygen atoms in total. The number of hydrogen-bond donors (Lipinski definition) is 2. The first-order valence-corrected chi connectivity index (χ1v) is 8.37. The van der Waals surface area contributed by atoms with E-state index in [1.807, 2.05) is 6.92 Å². The minimum Gasteiger partial charge on any atom is -0.495 e. The largest absolute Gasteiger partial charge is 0.495 e. The highest BCUT2D eigenvalue weighted by Crippen LogP contribution is 2.28. The zero-order valence-electron chi connectivity index (χ0n) is 15.1. The lowest BCUT2D eigenvalue weighted by Crippen LogP contribution is -2.30. The highest BCUT2D eigenvalue weighted by Gasteiger charge is 2.18. The second-order valence-corrected chi connectivity index (χ2v) is 6.19. The molecular weight excluding hydrogens is 356 g/mol. The molecule has 0 radical (unpaired) electrons. The van der Waals surface area contributed by atoms with Gasteiger partial charge in [-0.2, -0.15) is 0 Å². The monoisotopic (exact) mass is 376 g/mol. The Kier molecular flexibility index (Phi) is 6.46. The zero-order chi connectivity index (χ0) is 19.3. The fraction of sp³-hybridized carbons (Fsp3) is 0.263. The van der Waals surface area contributed by atoms with Gasteiger partial charge in [-0.15, -0.1) is 0 Å². The first-order chi connectivity index (χ1) is 12.3. The molecule has 2 N–H and O–H groups in total. The molecule has 0 fully saturated rings. The molecule has 0 aliphatic rings. The van der Waals surface area contributed by atoms with Gasteiger partial charge in [-0.1, -0.05) is 11.6 Å². The summed E-state index contributed by atoms with van der Waals surface area (Å²) in [6.45, 7) is 4.91. The number of halogens is 1. The van der Waals surface area contributed by atoms with Crippen molar-refractivity contribution < 1.29 is 19.1 Å². The van der Waals surface area contributed by atoms with E-state index in [4.69, 9.17) is 21.1 Å². The second kappa shape index (κ2) is 8.58. The lowest BCUT2D eigenvalue weighted by atomic mass is 10.2. The first kappa shape index (κ1) is 19.6. The summed E-state index contributed by atoms with van der Waals surface area (Å²) in [4.78, 5) is 23.7. The number of methoxy groups -OCH3 is 1. The topological polar surface area (TPSA) is 76.7 Å². The first-order valence-electron chi connectivity index (χ1n) is 7.99. The van der Waals surface area contributed by atoms with Gasteiger partial charge in [-0.3, -0.25) is 9.59 Å². The van der Waals surface area contributed by atoms with Crippen LogP contribution in [0, 0.1) is 6.92 Å². The van der Waals surface area contributed by atoms with Gasteiger partial charge in [0.25, 0.3) is 5.91 Å². The Morgan fingerprint density at radius 1 is 1.08 bits per heavy atom. The highest BCUT2D eigenvalue weighted by atomic mass is 35.5. The Morgan fingerprint density at radius 2 is 1.77 bits per heavy atom. The Labute approximate surface area is 157 Å². The number of aryl methyl sites for hydroxylation is 1. The van der Waals surface area contributed by atoms with Crippen molar-refractivity contribution in [1.82, 2.24) is 0 Å². The molecule has 0 saturated carbocycles. The summed E-state index contributed by atoms with van der Waals surface area (Å²) in [5, 5.41) is 6.02. The van der Waals surface area contributed by atoms with Crippen LogP contribution in [-0.4, -0.2) is 25.0 Å². The maximum absolute atomic E-state index is 12.5. The molecule has 1 atom stereocenters. The number of nitrogens with one attached hydrogen (secondary N) is 2. The second-order valence-electron chi connectivity index (χ2n) is 5.76. The molecule has 2 amide bonds. The van der Waals surface area contributed by atoms with Crippen LogP contribution >= 0.6 is 11.6 Å². The molecule has 2 aromatic carbocycles. The maximum Gasteiger partial charge on any atom is 0.265 e. The molecule has 26 heavy (non-hydrogen) atoms. The zero-order valence-corrected chi connectivity index (χ0v) is 15.8. The SMILES string of the molecule is COc1ccc(NC(C)=O)cc1NC(=O)C(C)Oc1ccc(Cl)cc1C. The minimum atomic E-state index is -0.746. The van der Waals surface area contributed by atoms with Crippen LogP contribution in [0.4, 0.5) is 11.4 Å². The van der Waals surface area contributed by atoms with Crippen molar-refractivity contribution in [2.24, 2.45) is 0 Å². The van der Waals surface area contributed by atoms with Crippen LogP contribution in [0.2, 0.25) is 5.02 Å². The summed E-state index contributed by atoms with van der Waals surface area (Å²) in [5.74, 6) is 0.498. The van der Waals surface area contributed by atoms with E-state index in [-0.39, 0.29) is 11.8 Å². The lowest BCUT2D eigenvalue weighted by Gasteiger charge is -2.18. The summed E-state index contributed by atoms with van der Waals surface area (Å²) in [5.41, 5.74) is 1.82. The quantitative estimate of drug-likeness (QED) is 0.798. The van der Waals surface area contributed by atoms with E-state index >= 15 is 0 Å². The van der Waals surface area contributed by atoms with Crippen LogP contribution in [0.15, 0.2) is 36.4 Å². The molecule has 0 aliphatic heterocycles. The van der Waals surface area contributed by atoms with Gasteiger partial charge in [0.1, 0.15) is 11.5 Å². The van der Waals surface area contributed by atoms with Gasteiger partial charge in [0.2, 0.25) is 5.91 Å². The summed E-state index contributed by atoms with van der Waals surface area (Å²) < 4.78 is 11.0. The standard InChI is InChI=1S/C19H21ClN2O4/c1-11-9-14(20)5-7-17(11)26-12(2)19(24)22-16-10-15(21-13(3)23)6-8-18(16)25-4/h5-10,12H,1-4H3,(H,21,23)(H,22,24). The smallest absolute Gasteiger partial charge is 0.265 e. The van der Waals surface area contributed by atoms with Crippen molar-refractivity contribution in [3.05, 3.63) is 47.0 Å². The molecule has 0 heterocycles. The predicted octanol–water partition coefficient (Wildman–Crippen LogP) is 4.02. The Bertz CT molecular complexity index is 823. The molecule has 7 heteroatoms. The molecule has 138 valence electrons. The molecule has 0 saturated heterocycles. The summed E-state index contributed by atoms with van der Waals surface area (Å²) in [6.07, 6.45) is -0.746. The number of anilines is 2. The fourth-order valence-corrected chi connectivity index (χ4v) is 2.54. The summed E-state index contributed by atoms with van der Waals surface area (Å²) in [6, 6.07) is 10.2. The number of amides is 2. The molecule has 0 spiro atoms. The Balaban J connectivity index is 2.13. The molecule has 1 unspecified atom stereocenters. The van der Waals surface area contributed by atoms with Crippen molar-refractivity contribution in [2.75, 3.05) is 17.7 Å². The van der Waals surface area contributed by atoms with Crippen LogP contribution in [0.5, 0.6) is 11.5 Å². The third-order valence-electron chi connectivity index (χ3n) is 3.59. The van der Waals surface area contributed by atoms with Crippen molar-refractivity contribution in [3.63, 3.8) is 0 Å². The van der Waals surface area contributed by atoms with Gasteiger partial charge in [0.05, 0.1) is 12.8 Å². The van der Waals surface area contributed by atoms with Crippen molar-refractivity contribution in [3.8, 4) is 11.5 Å². The number of ether oxygens (including phenoxy) is 2. The fourth-order valence-electron chi connectivity index (χ4n) is 2.31. The number of carbonyl (C=O) groups is 2. The van der Waals surface area contributed by atoms with Crippen LogP contribution in [-0.2, 0) is 9.59 Å². The summed E-state index contributed by atoms with van der Waals surface area (Å²) in [7, 11) is 1.50. The van der Waals surface area contributed by atoms with Crippen LogP contribution < -0.4 is 20.1 Å². The molecule has 0 aliphatic carbocycles. The summed E-state index contributed by atoms with van der Waals surface area (Å²) >= 11 is 5.93. The highest BCUT2D eigenvalue weighted by molar-refractivity contribution is 6.30. The van der Waals surface area contributed by atoms with Gasteiger partial charge in [0.15, 0.2) is 6.10 Å². The van der Waals surface area contributed by atoms with Crippen molar-refractivity contribution in [1.29, 1.82) is 0 Å². The van der Waals surface area contributed by atoms with Gasteiger partial charge >= 0.3 is 0 Å². The van der Waals surface area contributed by atoms with Gasteiger partial charge in [-0.25, -0.2) is 0 Å². The van der Waals surface area contributed by atoms with E-state index in [0.717, 1.165) is 5.56 Å². The number of hydrogen-bond acceptors (Lipinski definition) is 4. The molecule has 2 aromatic rings. The Morgan fingerprint density at radius 3 is 2.38 bits per heavy atom. The number of rotatable bonds is 6. The van der Waals surface area contributed by atoms with E-state index in [1.54, 1.807) is 43.3 Å². The van der Waals surface area contributed by atoms with Crippen LogP contribution in [0.1, 0.15) is 19.4 Å². The van der Waals surface area contributed by atoms with Gasteiger partial charge < -0.3 is 20.1 Å². The maximum atomic E-state index is 12.5. The van der Waals surface area contributed by atoms with E-state index in [1.165, 1.54) is 14.0 Å². The van der Waals surface area contributed by atoms with E-state index in [2.05, 4.69) is 10.6 Å². The van der Waals surface area contributed by atoms with E-state index in [0.29, 0.717) is 27.9 Å². The van der Waals surface area contributed by atoms with Crippen molar-refractivity contribution in [2.45, 2.75) is 26.9 Å². The van der Waals surface area contributed by atoms with Gasteiger partial charge in [-0.05, 0) is 55.8 Å². The van der Waals surface area contributed by atoms with Crippen LogP contribution in [0.3, 0.4) is 0 Å². The molecular formula is C19H21ClN2O4. The van der Waals surface area contributed by atoms with Crippen LogP contribution in [0.25, 0.3) is 0 Å². The van der Waals surface area contributed by atoms with E-state index < -0.39 is 6.10 Å². The third kappa shape index (κ3) is 5.13. The molecule has 0 aromatic heterocycles. The molecule has 0 bridgehead atoms. The van der Waals surface area contributed by atoms with Crippen molar-refractivity contribution >= 4 is 34.8 Å². The third-order valence-corrected chi connectivity index (χ3v) is 3.82. The minimum absolute atomic E-state index is 0.206. The number of carbonyl (C=O) groups excluding carboxylic acids is 2.